The third-order valence-corrected chi connectivity index (χ3v) is 4.34. The number of nitrogens with one attached hydrogen (secondary N) is 1. The van der Waals surface area contributed by atoms with E-state index in [-0.39, 0.29) is 11.8 Å². The molecule has 1 fully saturated rings. The fourth-order valence-corrected chi connectivity index (χ4v) is 2.80. The summed E-state index contributed by atoms with van der Waals surface area (Å²) in [6, 6.07) is 10.9. The van der Waals surface area contributed by atoms with Gasteiger partial charge in [0.05, 0.1) is 5.69 Å². The van der Waals surface area contributed by atoms with Crippen LogP contribution in [0.3, 0.4) is 0 Å². The van der Waals surface area contributed by atoms with Crippen LogP contribution in [0.2, 0.25) is 0 Å². The lowest BCUT2D eigenvalue weighted by atomic mass is 10.2. The second-order valence-electron chi connectivity index (χ2n) is 6.38. The predicted molar refractivity (Wildman–Crippen MR) is 92.7 cm³/mol. The fourth-order valence-electron chi connectivity index (χ4n) is 2.80. The summed E-state index contributed by atoms with van der Waals surface area (Å²) in [4.78, 5) is 16.0. The standard InChI is InChI=1S/C19H15F3N4O/c20-19(21,22)17-11-16(12-1-2-12)26(25-17)15-5-3-14(4-6-15)24-18(27)13-7-9-23-10-8-13/h3-12H,1-2H2,(H,24,27). The van der Waals surface area contributed by atoms with Crippen LogP contribution in [0.5, 0.6) is 0 Å². The summed E-state index contributed by atoms with van der Waals surface area (Å²) < 4.78 is 40.4. The Balaban J connectivity index is 1.57. The second kappa shape index (κ2) is 6.53. The smallest absolute Gasteiger partial charge is 0.322 e. The van der Waals surface area contributed by atoms with Crippen LogP contribution in [0.4, 0.5) is 18.9 Å². The number of pyridine rings is 1. The zero-order valence-electron chi connectivity index (χ0n) is 14.1. The Morgan fingerprint density at radius 2 is 1.74 bits per heavy atom. The van der Waals surface area contributed by atoms with Gasteiger partial charge in [-0.05, 0) is 55.3 Å². The van der Waals surface area contributed by atoms with Gasteiger partial charge in [-0.1, -0.05) is 0 Å². The summed E-state index contributed by atoms with van der Waals surface area (Å²) in [6.45, 7) is 0. The summed E-state index contributed by atoms with van der Waals surface area (Å²) in [6.07, 6.45) is 0.292. The van der Waals surface area contributed by atoms with E-state index in [0.717, 1.165) is 18.9 Å². The third-order valence-electron chi connectivity index (χ3n) is 4.34. The molecular weight excluding hydrogens is 357 g/mol. The molecule has 0 atom stereocenters. The van der Waals surface area contributed by atoms with Crippen LogP contribution in [0, 0.1) is 0 Å². The number of halogens is 3. The molecule has 0 unspecified atom stereocenters. The topological polar surface area (TPSA) is 59.8 Å². The molecule has 1 aliphatic rings. The molecule has 0 aliphatic heterocycles. The van der Waals surface area contributed by atoms with Gasteiger partial charge in [0.1, 0.15) is 0 Å². The third kappa shape index (κ3) is 3.69. The van der Waals surface area contributed by atoms with Crippen molar-refractivity contribution in [3.63, 3.8) is 0 Å². The van der Waals surface area contributed by atoms with Crippen LogP contribution in [-0.4, -0.2) is 20.7 Å². The highest BCUT2D eigenvalue weighted by Crippen LogP contribution is 2.43. The maximum absolute atomic E-state index is 13.0. The molecule has 0 spiro atoms. The predicted octanol–water partition coefficient (Wildman–Crippen LogP) is 4.42. The molecule has 0 saturated heterocycles. The van der Waals surface area contributed by atoms with Gasteiger partial charge in [0, 0.05) is 35.3 Å². The largest absolute Gasteiger partial charge is 0.435 e. The van der Waals surface area contributed by atoms with Crippen molar-refractivity contribution in [1.82, 2.24) is 14.8 Å². The van der Waals surface area contributed by atoms with Gasteiger partial charge in [-0.2, -0.15) is 18.3 Å². The van der Waals surface area contributed by atoms with Crippen LogP contribution in [0.1, 0.15) is 40.5 Å². The van der Waals surface area contributed by atoms with Gasteiger partial charge in [0.25, 0.3) is 5.91 Å². The minimum Gasteiger partial charge on any atom is -0.322 e. The Morgan fingerprint density at radius 1 is 1.07 bits per heavy atom. The lowest BCUT2D eigenvalue weighted by molar-refractivity contribution is -0.141. The van der Waals surface area contributed by atoms with Gasteiger partial charge in [-0.15, -0.1) is 0 Å². The molecule has 1 N–H and O–H groups in total. The number of hydrogen-bond donors (Lipinski definition) is 1. The van der Waals surface area contributed by atoms with Crippen molar-refractivity contribution in [1.29, 1.82) is 0 Å². The molecule has 1 aliphatic carbocycles. The first-order valence-corrected chi connectivity index (χ1v) is 8.41. The summed E-state index contributed by atoms with van der Waals surface area (Å²) in [7, 11) is 0. The first-order chi connectivity index (χ1) is 12.9. The van der Waals surface area contributed by atoms with Crippen molar-refractivity contribution in [2.75, 3.05) is 5.32 Å². The van der Waals surface area contributed by atoms with Gasteiger partial charge < -0.3 is 5.32 Å². The quantitative estimate of drug-likeness (QED) is 0.738. The Bertz CT molecular complexity index is 961. The SMILES string of the molecule is O=C(Nc1ccc(-n2nc(C(F)(F)F)cc2C2CC2)cc1)c1ccncc1. The van der Waals surface area contributed by atoms with E-state index < -0.39 is 11.9 Å². The van der Waals surface area contributed by atoms with Gasteiger partial charge in [-0.25, -0.2) is 4.68 Å². The van der Waals surface area contributed by atoms with Crippen molar-refractivity contribution in [3.05, 3.63) is 71.8 Å². The number of anilines is 1. The molecule has 27 heavy (non-hydrogen) atoms. The molecule has 1 aromatic carbocycles. The number of aromatic nitrogens is 3. The molecule has 4 rings (SSSR count). The molecule has 1 amide bonds. The number of alkyl halides is 3. The van der Waals surface area contributed by atoms with Crippen molar-refractivity contribution in [3.8, 4) is 5.69 Å². The summed E-state index contributed by atoms with van der Waals surface area (Å²) in [5.74, 6) is -0.179. The fraction of sp³-hybridized carbons (Fsp3) is 0.211. The molecule has 138 valence electrons. The van der Waals surface area contributed by atoms with Crippen molar-refractivity contribution in [2.45, 2.75) is 24.9 Å². The molecule has 2 aromatic heterocycles. The number of rotatable bonds is 4. The summed E-state index contributed by atoms with van der Waals surface area (Å²) >= 11 is 0. The Labute approximate surface area is 152 Å². The van der Waals surface area contributed by atoms with Crippen molar-refractivity contribution < 1.29 is 18.0 Å². The highest BCUT2D eigenvalue weighted by atomic mass is 19.4. The summed E-state index contributed by atoms with van der Waals surface area (Å²) in [5.41, 5.74) is 1.20. The van der Waals surface area contributed by atoms with Gasteiger partial charge in [-0.3, -0.25) is 9.78 Å². The first-order valence-electron chi connectivity index (χ1n) is 8.41. The molecule has 8 heteroatoms. The number of nitrogens with zero attached hydrogens (tertiary/aromatic N) is 3. The van der Waals surface area contributed by atoms with Gasteiger partial charge in [0.15, 0.2) is 5.69 Å². The number of benzene rings is 1. The van der Waals surface area contributed by atoms with Crippen molar-refractivity contribution >= 4 is 11.6 Å². The normalized spacial score (nSPS) is 14.2. The van der Waals surface area contributed by atoms with Crippen LogP contribution in [0.25, 0.3) is 5.69 Å². The van der Waals surface area contributed by atoms with Crippen LogP contribution >= 0.6 is 0 Å². The Kier molecular flexibility index (Phi) is 4.18. The van der Waals surface area contributed by atoms with Gasteiger partial charge in [0.2, 0.25) is 0 Å². The number of carbonyl (C=O) groups excluding carboxylic acids is 1. The average Bonchev–Trinajstić information content (AvgIpc) is 3.40. The minimum absolute atomic E-state index is 0.111. The lowest BCUT2D eigenvalue weighted by Gasteiger charge is -2.09. The van der Waals surface area contributed by atoms with E-state index in [1.54, 1.807) is 36.4 Å². The lowest BCUT2D eigenvalue weighted by Crippen LogP contribution is -2.12. The Morgan fingerprint density at radius 3 is 2.33 bits per heavy atom. The summed E-state index contributed by atoms with van der Waals surface area (Å²) in [5, 5.41) is 6.49. The maximum atomic E-state index is 13.0. The zero-order valence-corrected chi connectivity index (χ0v) is 14.1. The van der Waals surface area contributed by atoms with Crippen LogP contribution in [-0.2, 0) is 6.18 Å². The minimum atomic E-state index is -4.48. The van der Waals surface area contributed by atoms with Crippen molar-refractivity contribution in [2.24, 2.45) is 0 Å². The molecule has 0 bridgehead atoms. The molecule has 3 aromatic rings. The van der Waals surface area contributed by atoms with Gasteiger partial charge >= 0.3 is 6.18 Å². The molecule has 0 radical (unpaired) electrons. The van der Waals surface area contributed by atoms with E-state index in [4.69, 9.17) is 0 Å². The Hall–Kier alpha value is -3.16. The van der Waals surface area contributed by atoms with E-state index >= 15 is 0 Å². The van der Waals surface area contributed by atoms with E-state index in [0.29, 0.717) is 22.6 Å². The number of carbonyl (C=O) groups is 1. The second-order valence-corrected chi connectivity index (χ2v) is 6.38. The average molecular weight is 372 g/mol. The molecule has 1 saturated carbocycles. The number of amides is 1. The molecular formula is C19H15F3N4O. The zero-order chi connectivity index (χ0) is 19.0. The number of hydrogen-bond acceptors (Lipinski definition) is 3. The van der Waals surface area contributed by atoms with E-state index in [1.807, 2.05) is 0 Å². The monoisotopic (exact) mass is 372 g/mol. The van der Waals surface area contributed by atoms with E-state index in [2.05, 4.69) is 15.4 Å². The van der Waals surface area contributed by atoms with Crippen LogP contribution in [0.15, 0.2) is 54.9 Å². The highest BCUT2D eigenvalue weighted by molar-refractivity contribution is 6.04. The van der Waals surface area contributed by atoms with E-state index in [9.17, 15) is 18.0 Å². The highest BCUT2D eigenvalue weighted by Gasteiger charge is 2.38. The maximum Gasteiger partial charge on any atom is 0.435 e. The first kappa shape index (κ1) is 17.3. The molecule has 5 nitrogen and oxygen atoms in total. The molecule has 2 heterocycles. The van der Waals surface area contributed by atoms with E-state index in [1.165, 1.54) is 17.1 Å². The van der Waals surface area contributed by atoms with Crippen LogP contribution < -0.4 is 5.32 Å².